The SMILES string of the molecule is c1ccc(-n2c3ccc(-c4ccc5c(c4)c4ccccc4n5-c4ccc5cc(-c6cc7c8c(cccc8c6)-c6ccccc6-7)ccc5c4)cc3c3ccc4ccccc4c32)cc1. The Balaban J connectivity index is 0.882. The van der Waals surface area contributed by atoms with Crippen molar-refractivity contribution in [1.82, 2.24) is 9.13 Å². The van der Waals surface area contributed by atoms with Crippen molar-refractivity contribution < 1.29 is 0 Å². The van der Waals surface area contributed by atoms with Crippen molar-refractivity contribution in [3.8, 4) is 55.9 Å². The molecule has 2 nitrogen and oxygen atoms in total. The van der Waals surface area contributed by atoms with E-state index in [0.717, 1.165) is 5.69 Å². The maximum atomic E-state index is 2.44. The minimum atomic E-state index is 1.16. The largest absolute Gasteiger partial charge is 0.309 e. The van der Waals surface area contributed by atoms with Gasteiger partial charge in [-0.3, -0.25) is 0 Å². The Morgan fingerprint density at radius 2 is 0.823 bits per heavy atom. The molecule has 0 N–H and O–H groups in total. The second kappa shape index (κ2) is 12.7. The fourth-order valence-corrected chi connectivity index (χ4v) is 10.8. The lowest BCUT2D eigenvalue weighted by Gasteiger charge is -2.12. The quantitative estimate of drug-likeness (QED) is 0.168. The summed E-state index contributed by atoms with van der Waals surface area (Å²) in [5.41, 5.74) is 17.4. The topological polar surface area (TPSA) is 9.86 Å². The van der Waals surface area contributed by atoms with Crippen molar-refractivity contribution in [1.29, 1.82) is 0 Å². The summed E-state index contributed by atoms with van der Waals surface area (Å²) in [6, 6.07) is 81.0. The highest BCUT2D eigenvalue weighted by atomic mass is 15.0. The number of fused-ring (bicyclic) bond motifs is 12. The Kier molecular flexibility index (Phi) is 6.86. The van der Waals surface area contributed by atoms with Crippen LogP contribution in [0.5, 0.6) is 0 Å². The van der Waals surface area contributed by atoms with Crippen LogP contribution in [0.2, 0.25) is 0 Å². The van der Waals surface area contributed by atoms with E-state index in [9.17, 15) is 0 Å². The molecule has 2 aromatic heterocycles. The number of aromatic nitrogens is 2. The number of para-hydroxylation sites is 2. The minimum Gasteiger partial charge on any atom is -0.309 e. The van der Waals surface area contributed by atoms with Gasteiger partial charge in [0, 0.05) is 38.3 Å². The molecule has 0 saturated carbocycles. The van der Waals surface area contributed by atoms with E-state index in [1.807, 2.05) is 0 Å². The van der Waals surface area contributed by atoms with Crippen LogP contribution in [0.3, 0.4) is 0 Å². The molecule has 62 heavy (non-hydrogen) atoms. The highest BCUT2D eigenvalue weighted by Crippen LogP contribution is 2.49. The second-order valence-corrected chi connectivity index (χ2v) is 16.9. The van der Waals surface area contributed by atoms with E-state index in [2.05, 4.69) is 228 Å². The summed E-state index contributed by atoms with van der Waals surface area (Å²) in [7, 11) is 0. The van der Waals surface area contributed by atoms with Gasteiger partial charge in [0.25, 0.3) is 0 Å². The van der Waals surface area contributed by atoms with Gasteiger partial charge in [-0.15, -0.1) is 0 Å². The Morgan fingerprint density at radius 3 is 1.68 bits per heavy atom. The van der Waals surface area contributed by atoms with Crippen LogP contribution < -0.4 is 0 Å². The molecule has 11 aromatic carbocycles. The maximum absolute atomic E-state index is 2.44. The highest BCUT2D eigenvalue weighted by molar-refractivity contribution is 6.20. The maximum Gasteiger partial charge on any atom is 0.0619 e. The van der Waals surface area contributed by atoms with Gasteiger partial charge in [-0.25, -0.2) is 0 Å². The Labute approximate surface area is 357 Å². The van der Waals surface area contributed by atoms with Crippen molar-refractivity contribution >= 4 is 75.9 Å². The van der Waals surface area contributed by atoms with E-state index in [4.69, 9.17) is 0 Å². The summed E-state index contributed by atoms with van der Waals surface area (Å²) in [6.45, 7) is 0. The normalized spacial score (nSPS) is 12.2. The van der Waals surface area contributed by atoms with Gasteiger partial charge >= 0.3 is 0 Å². The van der Waals surface area contributed by atoms with Gasteiger partial charge in [-0.1, -0.05) is 146 Å². The summed E-state index contributed by atoms with van der Waals surface area (Å²) in [4.78, 5) is 0. The second-order valence-electron chi connectivity index (χ2n) is 16.9. The molecule has 1 aliphatic carbocycles. The molecular weight excluding hydrogens is 749 g/mol. The third kappa shape index (κ3) is 4.75. The van der Waals surface area contributed by atoms with Crippen molar-refractivity contribution in [2.24, 2.45) is 0 Å². The van der Waals surface area contributed by atoms with Gasteiger partial charge in [-0.2, -0.15) is 0 Å². The Hall–Kier alpha value is -8.20. The van der Waals surface area contributed by atoms with Gasteiger partial charge in [-0.05, 0) is 144 Å². The molecule has 286 valence electrons. The molecular formula is C60H36N2. The first kappa shape index (κ1) is 33.6. The molecule has 2 heterocycles. The van der Waals surface area contributed by atoms with Crippen LogP contribution in [0.15, 0.2) is 218 Å². The molecule has 1 aliphatic rings. The molecule has 0 unspecified atom stereocenters. The number of nitrogens with zero attached hydrogens (tertiary/aromatic N) is 2. The van der Waals surface area contributed by atoms with Crippen molar-refractivity contribution in [3.63, 3.8) is 0 Å². The molecule has 0 atom stereocenters. The fraction of sp³-hybridized carbons (Fsp3) is 0. The zero-order valence-electron chi connectivity index (χ0n) is 33.7. The van der Waals surface area contributed by atoms with Crippen molar-refractivity contribution in [3.05, 3.63) is 218 Å². The number of hydrogen-bond donors (Lipinski definition) is 0. The fourth-order valence-electron chi connectivity index (χ4n) is 10.8. The molecule has 0 fully saturated rings. The van der Waals surface area contributed by atoms with Crippen LogP contribution in [0.25, 0.3) is 132 Å². The standard InChI is InChI=1S/C60H36N2/c1-2-13-45(14-3-1)62-58-30-26-42(35-54(58)52-28-24-37-11-4-5-15-47(37)60(52)62)41-25-29-57-53(34-41)50-18-8-9-20-56(50)61(57)46-27-23-38-31-39(21-22-40(38)33-46)44-32-43-12-10-19-51-48-16-6-7-17-49(48)55(36-44)59(43)51/h1-36H. The molecule has 0 saturated heterocycles. The van der Waals surface area contributed by atoms with Crippen LogP contribution >= 0.6 is 0 Å². The van der Waals surface area contributed by atoms with Gasteiger partial charge in [0.2, 0.25) is 0 Å². The highest BCUT2D eigenvalue weighted by Gasteiger charge is 2.22. The molecule has 0 aliphatic heterocycles. The molecule has 0 spiro atoms. The third-order valence-electron chi connectivity index (χ3n) is 13.6. The average Bonchev–Trinajstić information content (AvgIpc) is 3.97. The van der Waals surface area contributed by atoms with E-state index in [0.29, 0.717) is 0 Å². The predicted molar refractivity (Wildman–Crippen MR) is 263 cm³/mol. The lowest BCUT2D eigenvalue weighted by atomic mass is 9.95. The molecule has 2 heteroatoms. The van der Waals surface area contributed by atoms with E-state index < -0.39 is 0 Å². The number of rotatable bonds is 4. The minimum absolute atomic E-state index is 1.16. The van der Waals surface area contributed by atoms with Crippen LogP contribution in [-0.2, 0) is 0 Å². The molecule has 0 bridgehead atoms. The molecule has 0 amide bonds. The van der Waals surface area contributed by atoms with Crippen LogP contribution in [0.4, 0.5) is 0 Å². The lowest BCUT2D eigenvalue weighted by molar-refractivity contribution is 1.19. The summed E-state index contributed by atoms with van der Waals surface area (Å²) in [5, 5.41) is 12.7. The Morgan fingerprint density at radius 1 is 0.242 bits per heavy atom. The van der Waals surface area contributed by atoms with Gasteiger partial charge in [0.15, 0.2) is 0 Å². The van der Waals surface area contributed by atoms with Gasteiger partial charge < -0.3 is 9.13 Å². The third-order valence-corrected chi connectivity index (χ3v) is 13.6. The van der Waals surface area contributed by atoms with Crippen LogP contribution in [0, 0.1) is 0 Å². The average molecular weight is 785 g/mol. The van der Waals surface area contributed by atoms with Crippen molar-refractivity contribution in [2.75, 3.05) is 0 Å². The summed E-state index contributed by atoms with van der Waals surface area (Å²) >= 11 is 0. The molecule has 14 rings (SSSR count). The van der Waals surface area contributed by atoms with Crippen LogP contribution in [0.1, 0.15) is 0 Å². The number of hydrogen-bond acceptors (Lipinski definition) is 0. The Bertz CT molecular complexity index is 4030. The van der Waals surface area contributed by atoms with E-state index >= 15 is 0 Å². The zero-order valence-corrected chi connectivity index (χ0v) is 33.7. The summed E-state index contributed by atoms with van der Waals surface area (Å²) < 4.78 is 4.87. The monoisotopic (exact) mass is 784 g/mol. The first-order chi connectivity index (χ1) is 30.7. The van der Waals surface area contributed by atoms with E-state index in [1.54, 1.807) is 0 Å². The van der Waals surface area contributed by atoms with Crippen molar-refractivity contribution in [2.45, 2.75) is 0 Å². The number of benzene rings is 11. The van der Waals surface area contributed by atoms with Gasteiger partial charge in [0.1, 0.15) is 0 Å². The first-order valence-electron chi connectivity index (χ1n) is 21.5. The summed E-state index contributed by atoms with van der Waals surface area (Å²) in [6.07, 6.45) is 0. The molecule has 13 aromatic rings. The van der Waals surface area contributed by atoms with Gasteiger partial charge in [0.05, 0.1) is 22.1 Å². The lowest BCUT2D eigenvalue weighted by Crippen LogP contribution is -1.94. The van der Waals surface area contributed by atoms with E-state index in [-0.39, 0.29) is 0 Å². The van der Waals surface area contributed by atoms with E-state index in [1.165, 1.54) is 126 Å². The smallest absolute Gasteiger partial charge is 0.0619 e. The first-order valence-corrected chi connectivity index (χ1v) is 21.5. The predicted octanol–water partition coefficient (Wildman–Crippen LogP) is 16.3. The zero-order chi connectivity index (χ0) is 40.5. The summed E-state index contributed by atoms with van der Waals surface area (Å²) in [5.74, 6) is 0. The molecule has 0 radical (unpaired) electrons. The van der Waals surface area contributed by atoms with Crippen LogP contribution in [-0.4, -0.2) is 9.13 Å².